The molecule has 2 N–H and O–H groups in total. The molecule has 1 aromatic carbocycles. The van der Waals surface area contributed by atoms with Gasteiger partial charge in [-0.15, -0.1) is 0 Å². The average Bonchev–Trinajstić information content (AvgIpc) is 2.28. The Hall–Kier alpha value is -1.77. The fourth-order valence-electron chi connectivity index (χ4n) is 1.89. The SMILES string of the molecule is CCCCNc1ccc(C(C)=CC(=O)O)c(C)c1. The van der Waals surface area contributed by atoms with Crippen LogP contribution in [0.1, 0.15) is 37.8 Å². The number of benzene rings is 1. The summed E-state index contributed by atoms with van der Waals surface area (Å²) in [5, 5.41) is 12.1. The van der Waals surface area contributed by atoms with Gasteiger partial charge in [-0.25, -0.2) is 4.79 Å². The van der Waals surface area contributed by atoms with Crippen LogP contribution in [0.2, 0.25) is 0 Å². The minimum atomic E-state index is -0.906. The van der Waals surface area contributed by atoms with E-state index in [1.807, 2.05) is 26.0 Å². The van der Waals surface area contributed by atoms with Crippen LogP contribution < -0.4 is 5.32 Å². The molecule has 0 fully saturated rings. The third kappa shape index (κ3) is 4.24. The lowest BCUT2D eigenvalue weighted by Gasteiger charge is -2.10. The number of hydrogen-bond donors (Lipinski definition) is 2. The Bertz CT molecular complexity index is 450. The van der Waals surface area contributed by atoms with Crippen LogP contribution in [-0.2, 0) is 4.79 Å². The summed E-state index contributed by atoms with van der Waals surface area (Å²) >= 11 is 0. The van der Waals surface area contributed by atoms with Gasteiger partial charge in [-0.2, -0.15) is 0 Å². The molecule has 0 aliphatic rings. The molecule has 3 heteroatoms. The van der Waals surface area contributed by atoms with E-state index in [9.17, 15) is 4.79 Å². The van der Waals surface area contributed by atoms with E-state index in [1.165, 1.54) is 12.5 Å². The second-order valence-electron chi connectivity index (χ2n) is 4.48. The molecule has 0 bridgehead atoms. The number of carboxylic acids is 1. The van der Waals surface area contributed by atoms with Crippen LogP contribution in [0.4, 0.5) is 5.69 Å². The monoisotopic (exact) mass is 247 g/mol. The fourth-order valence-corrected chi connectivity index (χ4v) is 1.89. The van der Waals surface area contributed by atoms with Crippen molar-refractivity contribution in [1.82, 2.24) is 0 Å². The molecular weight excluding hydrogens is 226 g/mol. The summed E-state index contributed by atoms with van der Waals surface area (Å²) in [6, 6.07) is 6.03. The maximum Gasteiger partial charge on any atom is 0.328 e. The van der Waals surface area contributed by atoms with Crippen molar-refractivity contribution in [1.29, 1.82) is 0 Å². The molecule has 0 aliphatic carbocycles. The Morgan fingerprint density at radius 2 is 2.17 bits per heavy atom. The zero-order valence-corrected chi connectivity index (χ0v) is 11.3. The Morgan fingerprint density at radius 1 is 1.44 bits per heavy atom. The molecule has 0 atom stereocenters. The van der Waals surface area contributed by atoms with Crippen LogP contribution >= 0.6 is 0 Å². The lowest BCUT2D eigenvalue weighted by Crippen LogP contribution is -2.01. The molecule has 0 saturated carbocycles. The highest BCUT2D eigenvalue weighted by molar-refractivity contribution is 5.90. The molecule has 1 rings (SSSR count). The van der Waals surface area contributed by atoms with Gasteiger partial charge in [-0.05, 0) is 49.1 Å². The van der Waals surface area contributed by atoms with E-state index in [0.29, 0.717) is 0 Å². The summed E-state index contributed by atoms with van der Waals surface area (Å²) in [6.45, 7) is 6.95. The van der Waals surface area contributed by atoms with Crippen LogP contribution in [0.5, 0.6) is 0 Å². The van der Waals surface area contributed by atoms with Crippen LogP contribution in [0.15, 0.2) is 24.3 Å². The number of hydrogen-bond acceptors (Lipinski definition) is 2. The maximum atomic E-state index is 10.6. The van der Waals surface area contributed by atoms with Crippen molar-refractivity contribution in [2.45, 2.75) is 33.6 Å². The van der Waals surface area contributed by atoms with Crippen LogP contribution in [-0.4, -0.2) is 17.6 Å². The zero-order chi connectivity index (χ0) is 13.5. The maximum absolute atomic E-state index is 10.6. The Balaban J connectivity index is 2.82. The van der Waals surface area contributed by atoms with Gasteiger partial charge in [0.05, 0.1) is 0 Å². The van der Waals surface area contributed by atoms with E-state index < -0.39 is 5.97 Å². The van der Waals surface area contributed by atoms with Gasteiger partial charge in [0.1, 0.15) is 0 Å². The molecule has 98 valence electrons. The van der Waals surface area contributed by atoms with Crippen molar-refractivity contribution in [2.24, 2.45) is 0 Å². The minimum Gasteiger partial charge on any atom is -0.478 e. The molecule has 0 aliphatic heterocycles. The molecule has 1 aromatic rings. The highest BCUT2D eigenvalue weighted by Crippen LogP contribution is 2.22. The third-order valence-corrected chi connectivity index (χ3v) is 2.85. The summed E-state index contributed by atoms with van der Waals surface area (Å²) < 4.78 is 0. The van der Waals surface area contributed by atoms with Crippen molar-refractivity contribution in [3.8, 4) is 0 Å². The number of aliphatic carboxylic acids is 1. The van der Waals surface area contributed by atoms with Crippen LogP contribution in [0.25, 0.3) is 5.57 Å². The van der Waals surface area contributed by atoms with Gasteiger partial charge in [-0.1, -0.05) is 19.4 Å². The predicted molar refractivity (Wildman–Crippen MR) is 75.9 cm³/mol. The number of unbranched alkanes of at least 4 members (excludes halogenated alkanes) is 1. The normalized spacial score (nSPS) is 11.4. The van der Waals surface area contributed by atoms with E-state index in [1.54, 1.807) is 0 Å². The second-order valence-corrected chi connectivity index (χ2v) is 4.48. The quantitative estimate of drug-likeness (QED) is 0.595. The van der Waals surface area contributed by atoms with Gasteiger partial charge in [0, 0.05) is 18.3 Å². The van der Waals surface area contributed by atoms with Crippen molar-refractivity contribution < 1.29 is 9.90 Å². The van der Waals surface area contributed by atoms with Crippen LogP contribution in [0, 0.1) is 6.92 Å². The molecule has 0 radical (unpaired) electrons. The first-order chi connectivity index (χ1) is 8.54. The second kappa shape index (κ2) is 6.84. The van der Waals surface area contributed by atoms with E-state index in [4.69, 9.17) is 5.11 Å². The van der Waals surface area contributed by atoms with Crippen molar-refractivity contribution in [3.05, 3.63) is 35.4 Å². The first-order valence-electron chi connectivity index (χ1n) is 6.30. The lowest BCUT2D eigenvalue weighted by molar-refractivity contribution is -0.131. The Kier molecular flexibility index (Phi) is 5.43. The molecule has 18 heavy (non-hydrogen) atoms. The lowest BCUT2D eigenvalue weighted by atomic mass is 10.0. The topological polar surface area (TPSA) is 49.3 Å². The van der Waals surface area contributed by atoms with Gasteiger partial charge >= 0.3 is 5.97 Å². The summed E-state index contributed by atoms with van der Waals surface area (Å²) in [5.74, 6) is -0.906. The van der Waals surface area contributed by atoms with Crippen molar-refractivity contribution >= 4 is 17.2 Å². The molecular formula is C15H21NO2. The van der Waals surface area contributed by atoms with Gasteiger partial charge in [-0.3, -0.25) is 0 Å². The average molecular weight is 247 g/mol. The Labute approximate surface area is 109 Å². The van der Waals surface area contributed by atoms with Gasteiger partial charge < -0.3 is 10.4 Å². The van der Waals surface area contributed by atoms with Crippen molar-refractivity contribution in [2.75, 3.05) is 11.9 Å². The molecule has 0 heterocycles. The number of carbonyl (C=O) groups is 1. The van der Waals surface area contributed by atoms with E-state index >= 15 is 0 Å². The van der Waals surface area contributed by atoms with Gasteiger partial charge in [0.2, 0.25) is 0 Å². The summed E-state index contributed by atoms with van der Waals surface area (Å²) in [5.41, 5.74) is 3.94. The first kappa shape index (κ1) is 14.3. The predicted octanol–water partition coefficient (Wildman–Crippen LogP) is 3.69. The van der Waals surface area contributed by atoms with E-state index in [2.05, 4.69) is 18.3 Å². The summed E-state index contributed by atoms with van der Waals surface area (Å²) in [7, 11) is 0. The molecule has 0 aromatic heterocycles. The van der Waals surface area contributed by atoms with Crippen LogP contribution in [0.3, 0.4) is 0 Å². The highest BCUT2D eigenvalue weighted by atomic mass is 16.4. The van der Waals surface area contributed by atoms with Crippen molar-refractivity contribution in [3.63, 3.8) is 0 Å². The first-order valence-corrected chi connectivity index (χ1v) is 6.30. The Morgan fingerprint density at radius 3 is 2.72 bits per heavy atom. The number of anilines is 1. The largest absolute Gasteiger partial charge is 0.478 e. The van der Waals surface area contributed by atoms with E-state index in [0.717, 1.165) is 35.4 Å². The van der Waals surface area contributed by atoms with Gasteiger partial charge in [0.15, 0.2) is 0 Å². The number of aryl methyl sites for hydroxylation is 1. The van der Waals surface area contributed by atoms with Gasteiger partial charge in [0.25, 0.3) is 0 Å². The zero-order valence-electron chi connectivity index (χ0n) is 11.3. The molecule has 0 amide bonds. The standard InChI is InChI=1S/C15H21NO2/c1-4-5-8-16-13-6-7-14(11(2)9-13)12(3)10-15(17)18/h6-7,9-10,16H,4-5,8H2,1-3H3,(H,17,18). The molecule has 3 nitrogen and oxygen atoms in total. The highest BCUT2D eigenvalue weighted by Gasteiger charge is 2.03. The number of carboxylic acid groups (broad SMARTS) is 1. The molecule has 0 unspecified atom stereocenters. The minimum absolute atomic E-state index is 0.778. The number of allylic oxidation sites excluding steroid dienone is 1. The number of nitrogens with one attached hydrogen (secondary N) is 1. The third-order valence-electron chi connectivity index (χ3n) is 2.85. The molecule has 0 spiro atoms. The number of rotatable bonds is 6. The summed E-state index contributed by atoms with van der Waals surface area (Å²) in [6.07, 6.45) is 3.57. The molecule has 0 saturated heterocycles. The fraction of sp³-hybridized carbons (Fsp3) is 0.400. The smallest absolute Gasteiger partial charge is 0.328 e. The van der Waals surface area contributed by atoms with E-state index in [-0.39, 0.29) is 0 Å². The summed E-state index contributed by atoms with van der Waals surface area (Å²) in [4.78, 5) is 10.6.